The van der Waals surface area contributed by atoms with Crippen molar-refractivity contribution in [1.29, 1.82) is 0 Å². The summed E-state index contributed by atoms with van der Waals surface area (Å²) < 4.78 is 5.60. The zero-order chi connectivity index (χ0) is 37.4. The summed E-state index contributed by atoms with van der Waals surface area (Å²) in [5.41, 5.74) is 0. The van der Waals surface area contributed by atoms with Crippen LogP contribution < -0.4 is 0 Å². The van der Waals surface area contributed by atoms with Gasteiger partial charge in [-0.25, -0.2) is 0 Å². The summed E-state index contributed by atoms with van der Waals surface area (Å²) in [6.45, 7) is 24.5. The second-order valence-electron chi connectivity index (χ2n) is 13.7. The molecule has 0 bridgehead atoms. The molecule has 0 fully saturated rings. The molecule has 0 amide bonds. The van der Waals surface area contributed by atoms with Crippen molar-refractivity contribution >= 4 is 5.97 Å². The van der Waals surface area contributed by atoms with Crippen LogP contribution in [0, 0.1) is 5.92 Å². The van der Waals surface area contributed by atoms with Crippen LogP contribution in [0.25, 0.3) is 0 Å². The summed E-state index contributed by atoms with van der Waals surface area (Å²) in [5, 5.41) is 8.99. The van der Waals surface area contributed by atoms with Crippen molar-refractivity contribution in [2.45, 2.75) is 275 Å². The summed E-state index contributed by atoms with van der Waals surface area (Å²) in [5.74, 6) is 0.235. The van der Waals surface area contributed by atoms with Gasteiger partial charge in [-0.1, -0.05) is 237 Å². The number of carbonyl (C=O) groups excluding carboxylic acids is 1. The normalized spacial score (nSPS) is 11.3. The van der Waals surface area contributed by atoms with Crippen molar-refractivity contribution in [3.05, 3.63) is 0 Å². The van der Waals surface area contributed by atoms with Crippen LogP contribution >= 0.6 is 0 Å². The van der Waals surface area contributed by atoms with Crippen LogP contribution in [0.2, 0.25) is 0 Å². The zero-order valence-corrected chi connectivity index (χ0v) is 35.8. The number of esters is 1. The van der Waals surface area contributed by atoms with Gasteiger partial charge in [0.1, 0.15) is 0 Å². The first kappa shape index (κ1) is 56.8. The van der Waals surface area contributed by atoms with E-state index in [9.17, 15) is 4.79 Å². The standard InChI is InChI=1S/C23H46O2.C7H16O.C7H16.C6H14.C2H6/c1-4-7-10-13-14-17-20-22(19-16-12-9-6-3)23(24)25-21-18-15-11-8-5-2;1-3-5-6-7(8)4-2;1-3-5-7-6-4-2;1-3-5-6-4-2;1-2/h22H,4-21H2,1-3H3;7-8H,3-6H2,1-2H3;3-7H2,1-2H3;3-6H2,1-2H3;1-2H3. The Balaban J connectivity index is -0.000000216. The van der Waals surface area contributed by atoms with Crippen LogP contribution in [-0.4, -0.2) is 23.8 Å². The van der Waals surface area contributed by atoms with Gasteiger partial charge < -0.3 is 9.84 Å². The minimum atomic E-state index is -0.0463. The van der Waals surface area contributed by atoms with Crippen molar-refractivity contribution in [3.8, 4) is 0 Å². The van der Waals surface area contributed by atoms with Crippen molar-refractivity contribution < 1.29 is 14.6 Å². The van der Waals surface area contributed by atoms with Crippen LogP contribution in [-0.2, 0) is 9.53 Å². The molecule has 0 saturated carbocycles. The van der Waals surface area contributed by atoms with E-state index in [1.807, 2.05) is 20.8 Å². The average molecular weight is 687 g/mol. The fourth-order valence-electron chi connectivity index (χ4n) is 5.19. The number of unbranched alkanes of at least 4 members (excludes halogenated alkanes) is 20. The van der Waals surface area contributed by atoms with Gasteiger partial charge in [-0.05, 0) is 32.1 Å². The Kier molecular flexibility index (Phi) is 69.4. The maximum atomic E-state index is 12.4. The Hall–Kier alpha value is -0.570. The van der Waals surface area contributed by atoms with E-state index in [4.69, 9.17) is 9.84 Å². The first-order valence-corrected chi connectivity index (χ1v) is 22.2. The number of hydrogen-bond donors (Lipinski definition) is 1. The smallest absolute Gasteiger partial charge is 0.308 e. The van der Waals surface area contributed by atoms with Crippen molar-refractivity contribution in [2.24, 2.45) is 5.92 Å². The predicted octanol–water partition coefficient (Wildman–Crippen LogP) is 16.4. The van der Waals surface area contributed by atoms with E-state index < -0.39 is 0 Å². The Morgan fingerprint density at radius 1 is 0.417 bits per heavy atom. The van der Waals surface area contributed by atoms with Crippen molar-refractivity contribution in [1.82, 2.24) is 0 Å². The topological polar surface area (TPSA) is 46.5 Å². The first-order valence-electron chi connectivity index (χ1n) is 22.2. The number of carbonyl (C=O) groups is 1. The maximum Gasteiger partial charge on any atom is 0.308 e. The molecule has 0 aliphatic rings. The van der Waals surface area contributed by atoms with Gasteiger partial charge in [0, 0.05) is 0 Å². The van der Waals surface area contributed by atoms with E-state index in [-0.39, 0.29) is 18.0 Å². The second-order valence-corrected chi connectivity index (χ2v) is 13.7. The molecule has 296 valence electrons. The molecule has 0 heterocycles. The molecule has 0 aliphatic carbocycles. The SMILES string of the molecule is CC.CCCCC(O)CC.CCCCCC.CCCCCCC.CCCCCCCCC(CCCCCC)C(=O)OCCCCCCC. The molecular formula is C45H98O3. The Morgan fingerprint density at radius 2 is 0.708 bits per heavy atom. The minimum Gasteiger partial charge on any atom is -0.465 e. The third-order valence-corrected chi connectivity index (χ3v) is 8.66. The highest BCUT2D eigenvalue weighted by Gasteiger charge is 2.19. The molecule has 0 spiro atoms. The molecule has 0 aliphatic heterocycles. The highest BCUT2D eigenvalue weighted by molar-refractivity contribution is 5.72. The highest BCUT2D eigenvalue weighted by Crippen LogP contribution is 2.20. The number of ether oxygens (including phenoxy) is 1. The van der Waals surface area contributed by atoms with Gasteiger partial charge in [0.05, 0.1) is 18.6 Å². The van der Waals surface area contributed by atoms with E-state index in [0.717, 1.165) is 38.5 Å². The summed E-state index contributed by atoms with van der Waals surface area (Å²) in [7, 11) is 0. The summed E-state index contributed by atoms with van der Waals surface area (Å²) in [6, 6.07) is 0. The van der Waals surface area contributed by atoms with E-state index in [2.05, 4.69) is 55.4 Å². The largest absolute Gasteiger partial charge is 0.465 e. The van der Waals surface area contributed by atoms with Crippen molar-refractivity contribution in [2.75, 3.05) is 6.61 Å². The lowest BCUT2D eigenvalue weighted by atomic mass is 9.94. The van der Waals surface area contributed by atoms with Crippen LogP contribution in [0.3, 0.4) is 0 Å². The fourth-order valence-corrected chi connectivity index (χ4v) is 5.19. The first-order chi connectivity index (χ1) is 23.4. The number of aliphatic hydroxyl groups is 1. The fraction of sp³-hybridized carbons (Fsp3) is 0.978. The van der Waals surface area contributed by atoms with E-state index in [0.29, 0.717) is 6.61 Å². The minimum absolute atomic E-state index is 0.0463. The molecule has 0 aromatic carbocycles. The molecule has 48 heavy (non-hydrogen) atoms. The third kappa shape index (κ3) is 60.7. The molecule has 0 aromatic rings. The molecule has 0 saturated heterocycles. The van der Waals surface area contributed by atoms with Crippen molar-refractivity contribution in [3.63, 3.8) is 0 Å². The average Bonchev–Trinajstić information content (AvgIpc) is 3.11. The monoisotopic (exact) mass is 687 g/mol. The maximum absolute atomic E-state index is 12.4. The van der Waals surface area contributed by atoms with Crippen LogP contribution in [0.4, 0.5) is 0 Å². The lowest BCUT2D eigenvalue weighted by Gasteiger charge is -2.16. The molecule has 0 radical (unpaired) electrons. The molecule has 0 rings (SSSR count). The Labute approximate surface area is 307 Å². The van der Waals surface area contributed by atoms with E-state index >= 15 is 0 Å². The molecule has 0 aromatic heterocycles. The zero-order valence-electron chi connectivity index (χ0n) is 35.8. The molecule has 3 heteroatoms. The Morgan fingerprint density at radius 3 is 1.08 bits per heavy atom. The quantitative estimate of drug-likeness (QED) is 0.0604. The van der Waals surface area contributed by atoms with Gasteiger partial charge in [0.15, 0.2) is 0 Å². The van der Waals surface area contributed by atoms with Gasteiger partial charge in [-0.3, -0.25) is 4.79 Å². The number of aliphatic hydroxyl groups excluding tert-OH is 1. The summed E-state index contributed by atoms with van der Waals surface area (Å²) in [6.07, 6.45) is 37.6. The molecule has 3 nitrogen and oxygen atoms in total. The summed E-state index contributed by atoms with van der Waals surface area (Å²) in [4.78, 5) is 12.4. The lowest BCUT2D eigenvalue weighted by molar-refractivity contribution is -0.149. The van der Waals surface area contributed by atoms with Gasteiger partial charge >= 0.3 is 5.97 Å². The van der Waals surface area contributed by atoms with Gasteiger partial charge in [0.25, 0.3) is 0 Å². The molecule has 2 atom stereocenters. The molecule has 1 N–H and O–H groups in total. The molecule has 2 unspecified atom stereocenters. The highest BCUT2D eigenvalue weighted by atomic mass is 16.5. The van der Waals surface area contributed by atoms with Crippen LogP contribution in [0.5, 0.6) is 0 Å². The Bertz CT molecular complexity index is 485. The predicted molar refractivity (Wildman–Crippen MR) is 221 cm³/mol. The summed E-state index contributed by atoms with van der Waals surface area (Å²) >= 11 is 0. The van der Waals surface area contributed by atoms with E-state index in [1.165, 1.54) is 154 Å². The van der Waals surface area contributed by atoms with Gasteiger partial charge in [0.2, 0.25) is 0 Å². The number of hydrogen-bond acceptors (Lipinski definition) is 3. The molecular weight excluding hydrogens is 588 g/mol. The second kappa shape index (κ2) is 58.6. The van der Waals surface area contributed by atoms with E-state index in [1.54, 1.807) is 0 Å². The third-order valence-electron chi connectivity index (χ3n) is 8.66. The lowest BCUT2D eigenvalue weighted by Crippen LogP contribution is -2.18. The van der Waals surface area contributed by atoms with Crippen LogP contribution in [0.1, 0.15) is 269 Å². The number of rotatable bonds is 30. The van der Waals surface area contributed by atoms with Gasteiger partial charge in [-0.2, -0.15) is 0 Å². The van der Waals surface area contributed by atoms with Gasteiger partial charge in [-0.15, -0.1) is 0 Å². The van der Waals surface area contributed by atoms with Crippen LogP contribution in [0.15, 0.2) is 0 Å².